The van der Waals surface area contributed by atoms with Crippen LogP contribution < -0.4 is 0 Å². The summed E-state index contributed by atoms with van der Waals surface area (Å²) in [5.41, 5.74) is -0.565. The highest BCUT2D eigenvalue weighted by atomic mass is 35.6. The molecule has 0 aliphatic heterocycles. The molecular weight excluding hydrogens is 311 g/mol. The Kier molecular flexibility index (Phi) is 3.26. The molecule has 2 aromatic heterocycles. The van der Waals surface area contributed by atoms with Gasteiger partial charge in [0, 0.05) is 11.6 Å². The smallest absolute Gasteiger partial charge is 0.358 e. The second kappa shape index (κ2) is 4.41. The summed E-state index contributed by atoms with van der Waals surface area (Å²) in [7, 11) is 0. The third-order valence-electron chi connectivity index (χ3n) is 1.74. The zero-order valence-corrected chi connectivity index (χ0v) is 10.9. The van der Waals surface area contributed by atoms with Crippen molar-refractivity contribution in [2.45, 2.75) is 3.79 Å². The molecule has 2 heterocycles. The summed E-state index contributed by atoms with van der Waals surface area (Å²) < 4.78 is -0.857. The molecule has 0 aliphatic carbocycles. The number of alkyl halides is 3. The van der Waals surface area contributed by atoms with Crippen molar-refractivity contribution in [3.8, 4) is 5.13 Å². The molecular formula is C7H3Cl3N4O2S. The maximum absolute atomic E-state index is 10.9. The first-order valence-corrected chi connectivity index (χ1v) is 6.08. The van der Waals surface area contributed by atoms with Gasteiger partial charge >= 0.3 is 5.97 Å². The molecule has 10 heteroatoms. The van der Waals surface area contributed by atoms with Crippen LogP contribution in [-0.4, -0.2) is 31.1 Å². The number of aromatic carboxylic acids is 1. The molecule has 0 radical (unpaired) electrons. The molecule has 0 atom stereocenters. The minimum Gasteiger partial charge on any atom is -0.476 e. The molecule has 0 saturated carbocycles. The first-order valence-electron chi connectivity index (χ1n) is 4.07. The van der Waals surface area contributed by atoms with E-state index in [2.05, 4.69) is 15.3 Å². The number of nitrogens with zero attached hydrogens (tertiary/aromatic N) is 4. The summed E-state index contributed by atoms with van der Waals surface area (Å²) >= 11 is 18.4. The molecule has 0 aromatic carbocycles. The molecule has 1 N–H and O–H groups in total. The zero-order chi connectivity index (χ0) is 12.6. The van der Waals surface area contributed by atoms with Crippen LogP contribution in [0.2, 0.25) is 0 Å². The number of carboxylic acid groups (broad SMARTS) is 1. The fourth-order valence-electron chi connectivity index (χ4n) is 1.13. The van der Waals surface area contributed by atoms with Gasteiger partial charge in [0.2, 0.25) is 8.92 Å². The number of carbonyl (C=O) groups is 1. The molecule has 0 aliphatic rings. The fraction of sp³-hybridized carbons (Fsp3) is 0.143. The van der Waals surface area contributed by atoms with Crippen molar-refractivity contribution in [1.82, 2.24) is 20.0 Å². The van der Waals surface area contributed by atoms with Crippen molar-refractivity contribution < 1.29 is 9.90 Å². The van der Waals surface area contributed by atoms with Crippen molar-refractivity contribution in [2.75, 3.05) is 0 Å². The van der Waals surface area contributed by atoms with Crippen molar-refractivity contribution >= 4 is 52.1 Å². The quantitative estimate of drug-likeness (QED) is 0.860. The van der Waals surface area contributed by atoms with Gasteiger partial charge in [-0.15, -0.1) is 16.4 Å². The summed E-state index contributed by atoms with van der Waals surface area (Å²) in [5, 5.41) is 18.1. The van der Waals surface area contributed by atoms with E-state index in [0.717, 1.165) is 4.68 Å². The van der Waals surface area contributed by atoms with Gasteiger partial charge in [0.15, 0.2) is 5.69 Å². The number of aromatic nitrogens is 4. The second-order valence-electron chi connectivity index (χ2n) is 2.82. The fourth-order valence-corrected chi connectivity index (χ4v) is 2.24. The topological polar surface area (TPSA) is 80.9 Å². The Bertz CT molecular complexity index is 548. The lowest BCUT2D eigenvalue weighted by molar-refractivity contribution is 0.0689. The van der Waals surface area contributed by atoms with Gasteiger partial charge in [-0.2, -0.15) is 4.68 Å². The number of halogens is 3. The SMILES string of the molecule is O=C(O)c1nnn(-c2nccs2)c1C(Cl)(Cl)Cl. The third-order valence-corrected chi connectivity index (χ3v) is 3.03. The molecule has 0 fully saturated rings. The molecule has 2 rings (SSSR count). The summed E-state index contributed by atoms with van der Waals surface area (Å²) in [6.45, 7) is 0. The van der Waals surface area contributed by atoms with E-state index >= 15 is 0 Å². The van der Waals surface area contributed by atoms with E-state index in [1.807, 2.05) is 0 Å². The summed E-state index contributed by atoms with van der Waals surface area (Å²) in [5.74, 6) is -1.32. The van der Waals surface area contributed by atoms with E-state index in [1.54, 1.807) is 5.38 Å². The number of carboxylic acids is 1. The van der Waals surface area contributed by atoms with E-state index in [0.29, 0.717) is 5.13 Å². The van der Waals surface area contributed by atoms with Gasteiger partial charge in [0.05, 0.1) is 0 Å². The summed E-state index contributed by atoms with van der Waals surface area (Å²) in [4.78, 5) is 14.9. The van der Waals surface area contributed by atoms with E-state index in [1.165, 1.54) is 17.5 Å². The van der Waals surface area contributed by atoms with Crippen LogP contribution in [0.5, 0.6) is 0 Å². The average Bonchev–Trinajstić information content (AvgIpc) is 2.85. The zero-order valence-electron chi connectivity index (χ0n) is 7.84. The minimum atomic E-state index is -1.96. The van der Waals surface area contributed by atoms with Crippen LogP contribution in [0.3, 0.4) is 0 Å². The summed E-state index contributed by atoms with van der Waals surface area (Å²) in [6.07, 6.45) is 1.52. The highest BCUT2D eigenvalue weighted by Gasteiger charge is 2.36. The Hall–Kier alpha value is -0.890. The van der Waals surface area contributed by atoms with Crippen LogP contribution in [0.15, 0.2) is 11.6 Å². The molecule has 0 saturated heterocycles. The molecule has 17 heavy (non-hydrogen) atoms. The largest absolute Gasteiger partial charge is 0.476 e. The monoisotopic (exact) mass is 312 g/mol. The Morgan fingerprint density at radius 2 is 2.18 bits per heavy atom. The van der Waals surface area contributed by atoms with Crippen molar-refractivity contribution in [1.29, 1.82) is 0 Å². The van der Waals surface area contributed by atoms with E-state index in [4.69, 9.17) is 39.9 Å². The standard InChI is InChI=1S/C7H3Cl3N4O2S/c8-7(9,10)4-3(5(15)16)12-13-14(4)6-11-1-2-17-6/h1-2H,(H,15,16). The summed E-state index contributed by atoms with van der Waals surface area (Å²) in [6, 6.07) is 0. The second-order valence-corrected chi connectivity index (χ2v) is 5.97. The van der Waals surface area contributed by atoms with Crippen molar-refractivity contribution in [3.63, 3.8) is 0 Å². The van der Waals surface area contributed by atoms with Gasteiger partial charge in [-0.3, -0.25) is 0 Å². The Morgan fingerprint density at radius 1 is 1.47 bits per heavy atom. The van der Waals surface area contributed by atoms with Gasteiger partial charge in [-0.05, 0) is 0 Å². The van der Waals surface area contributed by atoms with Crippen molar-refractivity contribution in [2.24, 2.45) is 0 Å². The molecule has 2 aromatic rings. The highest BCUT2D eigenvalue weighted by molar-refractivity contribution is 7.12. The minimum absolute atomic E-state index is 0.148. The Morgan fingerprint density at radius 3 is 2.65 bits per heavy atom. The van der Waals surface area contributed by atoms with Crippen LogP contribution in [-0.2, 0) is 3.79 Å². The van der Waals surface area contributed by atoms with Gasteiger partial charge in [0.1, 0.15) is 5.69 Å². The molecule has 0 bridgehead atoms. The van der Waals surface area contributed by atoms with E-state index in [-0.39, 0.29) is 5.69 Å². The van der Waals surface area contributed by atoms with E-state index in [9.17, 15) is 4.79 Å². The van der Waals surface area contributed by atoms with Crippen LogP contribution in [0.25, 0.3) is 5.13 Å². The molecule has 0 amide bonds. The van der Waals surface area contributed by atoms with Crippen LogP contribution >= 0.6 is 46.1 Å². The van der Waals surface area contributed by atoms with Crippen molar-refractivity contribution in [3.05, 3.63) is 23.0 Å². The van der Waals surface area contributed by atoms with E-state index < -0.39 is 15.5 Å². The number of hydrogen-bond acceptors (Lipinski definition) is 5. The highest BCUT2D eigenvalue weighted by Crippen LogP contribution is 2.40. The lowest BCUT2D eigenvalue weighted by Gasteiger charge is -2.11. The first-order chi connectivity index (χ1) is 7.91. The molecule has 90 valence electrons. The lowest BCUT2D eigenvalue weighted by Crippen LogP contribution is -2.14. The number of rotatable bonds is 2. The lowest BCUT2D eigenvalue weighted by atomic mass is 10.3. The maximum Gasteiger partial charge on any atom is 0.358 e. The number of thiazole rings is 1. The van der Waals surface area contributed by atoms with Crippen LogP contribution in [0, 0.1) is 0 Å². The third kappa shape index (κ3) is 2.37. The maximum atomic E-state index is 10.9. The Labute approximate surface area is 114 Å². The predicted octanol–water partition coefficient (Wildman–Crippen LogP) is 2.25. The first kappa shape index (κ1) is 12.6. The van der Waals surface area contributed by atoms with Gasteiger partial charge in [-0.1, -0.05) is 40.0 Å². The molecule has 6 nitrogen and oxygen atoms in total. The van der Waals surface area contributed by atoms with Gasteiger partial charge in [-0.25, -0.2) is 9.78 Å². The van der Waals surface area contributed by atoms with Gasteiger partial charge < -0.3 is 5.11 Å². The average molecular weight is 314 g/mol. The van der Waals surface area contributed by atoms with Crippen LogP contribution in [0.4, 0.5) is 0 Å². The predicted molar refractivity (Wildman–Crippen MR) is 63.2 cm³/mol. The van der Waals surface area contributed by atoms with Gasteiger partial charge in [0.25, 0.3) is 0 Å². The Balaban J connectivity index is 2.66. The molecule has 0 unspecified atom stereocenters. The normalized spacial score (nSPS) is 11.7. The van der Waals surface area contributed by atoms with Crippen LogP contribution in [0.1, 0.15) is 16.2 Å². The molecule has 0 spiro atoms. The number of hydrogen-bond donors (Lipinski definition) is 1.